The number of benzene rings is 2. The van der Waals surface area contributed by atoms with Gasteiger partial charge in [-0.3, -0.25) is 4.99 Å². The number of nitriles is 1. The summed E-state index contributed by atoms with van der Waals surface area (Å²) in [6, 6.07) is 13.8. The summed E-state index contributed by atoms with van der Waals surface area (Å²) in [5, 5.41) is 9.08. The van der Waals surface area contributed by atoms with Crippen molar-refractivity contribution in [3.05, 3.63) is 83.2 Å². The van der Waals surface area contributed by atoms with Gasteiger partial charge in [-0.05, 0) is 35.4 Å². The van der Waals surface area contributed by atoms with Gasteiger partial charge < -0.3 is 5.73 Å². The lowest BCUT2D eigenvalue weighted by atomic mass is 9.93. The highest BCUT2D eigenvalue weighted by molar-refractivity contribution is 5.99. The van der Waals surface area contributed by atoms with Gasteiger partial charge in [0.25, 0.3) is 0 Å². The Kier molecular flexibility index (Phi) is 3.90. The lowest BCUT2D eigenvalue weighted by molar-refractivity contribution is 0.575. The molecule has 2 heterocycles. The Morgan fingerprint density at radius 1 is 1.15 bits per heavy atom. The molecule has 3 aromatic rings. The van der Waals surface area contributed by atoms with Crippen molar-refractivity contribution < 1.29 is 4.39 Å². The van der Waals surface area contributed by atoms with Crippen molar-refractivity contribution in [1.82, 2.24) is 9.97 Å². The van der Waals surface area contributed by atoms with Crippen molar-refractivity contribution in [2.45, 2.75) is 12.5 Å². The summed E-state index contributed by atoms with van der Waals surface area (Å²) in [7, 11) is 0. The maximum absolute atomic E-state index is 14.5. The van der Waals surface area contributed by atoms with Gasteiger partial charge in [0.2, 0.25) is 0 Å². The molecule has 1 aliphatic heterocycles. The highest BCUT2D eigenvalue weighted by Crippen LogP contribution is 2.32. The lowest BCUT2D eigenvalue weighted by Crippen LogP contribution is -2.24. The van der Waals surface area contributed by atoms with Crippen LogP contribution < -0.4 is 5.73 Å². The number of halogens is 1. The maximum Gasteiger partial charge on any atom is 0.129 e. The first-order chi connectivity index (χ1) is 12.7. The van der Waals surface area contributed by atoms with Crippen LogP contribution in [0.5, 0.6) is 0 Å². The Hall–Kier alpha value is -3.59. The molecule has 1 atom stereocenters. The second kappa shape index (κ2) is 6.37. The molecule has 2 N–H and O–H groups in total. The topological polar surface area (TPSA) is 88.0 Å². The van der Waals surface area contributed by atoms with E-state index >= 15 is 0 Å². The highest BCUT2D eigenvalue weighted by Gasteiger charge is 2.24. The van der Waals surface area contributed by atoms with Crippen molar-refractivity contribution in [3.63, 3.8) is 0 Å². The average molecular weight is 343 g/mol. The van der Waals surface area contributed by atoms with Crippen LogP contribution in [0.15, 0.2) is 60.0 Å². The number of aliphatic imine (C=N–C) groups is 1. The Bertz CT molecular complexity index is 1070. The van der Waals surface area contributed by atoms with Crippen LogP contribution in [0.25, 0.3) is 11.1 Å². The number of nitrogens with zero attached hydrogens (tertiary/aromatic N) is 4. The predicted octanol–water partition coefficient (Wildman–Crippen LogP) is 3.16. The second-order valence-corrected chi connectivity index (χ2v) is 6.05. The molecule has 0 bridgehead atoms. The SMILES string of the molecule is N#Cc1cccc(-c2ccc(F)c(C3Cc4ncncc4C(N)=N3)c2)c1. The molecule has 0 aliphatic carbocycles. The highest BCUT2D eigenvalue weighted by atomic mass is 19.1. The van der Waals surface area contributed by atoms with Crippen molar-refractivity contribution in [2.75, 3.05) is 0 Å². The number of amidine groups is 1. The number of hydrogen-bond donors (Lipinski definition) is 1. The molecule has 0 saturated carbocycles. The third-order valence-electron chi connectivity index (χ3n) is 4.43. The Morgan fingerprint density at radius 3 is 2.85 bits per heavy atom. The second-order valence-electron chi connectivity index (χ2n) is 6.05. The van der Waals surface area contributed by atoms with Crippen LogP contribution in [-0.4, -0.2) is 15.8 Å². The van der Waals surface area contributed by atoms with Gasteiger partial charge in [-0.15, -0.1) is 0 Å². The molecule has 0 fully saturated rings. The van der Waals surface area contributed by atoms with E-state index in [1.807, 2.05) is 6.07 Å². The van der Waals surface area contributed by atoms with Gasteiger partial charge in [-0.25, -0.2) is 14.4 Å². The van der Waals surface area contributed by atoms with Gasteiger partial charge in [-0.2, -0.15) is 5.26 Å². The summed E-state index contributed by atoms with van der Waals surface area (Å²) >= 11 is 0. The minimum atomic E-state index is -0.448. The number of aromatic nitrogens is 2. The predicted molar refractivity (Wildman–Crippen MR) is 95.8 cm³/mol. The fraction of sp³-hybridized carbons (Fsp3) is 0.100. The average Bonchev–Trinajstić information content (AvgIpc) is 2.68. The van der Waals surface area contributed by atoms with Crippen LogP contribution in [0.4, 0.5) is 4.39 Å². The third kappa shape index (κ3) is 2.80. The first-order valence-electron chi connectivity index (χ1n) is 8.08. The Balaban J connectivity index is 1.76. The smallest absolute Gasteiger partial charge is 0.129 e. The van der Waals surface area contributed by atoms with Crippen molar-refractivity contribution in [3.8, 4) is 17.2 Å². The van der Waals surface area contributed by atoms with E-state index < -0.39 is 6.04 Å². The number of rotatable bonds is 2. The lowest BCUT2D eigenvalue weighted by Gasteiger charge is -2.21. The van der Waals surface area contributed by atoms with Gasteiger partial charge in [0.05, 0.1) is 28.9 Å². The van der Waals surface area contributed by atoms with Crippen molar-refractivity contribution in [1.29, 1.82) is 5.26 Å². The molecule has 1 aliphatic rings. The van der Waals surface area contributed by atoms with Crippen LogP contribution in [0, 0.1) is 17.1 Å². The molecule has 0 amide bonds. The molecule has 0 spiro atoms. The van der Waals surface area contributed by atoms with Crippen LogP contribution >= 0.6 is 0 Å². The maximum atomic E-state index is 14.5. The quantitative estimate of drug-likeness (QED) is 0.774. The van der Waals surface area contributed by atoms with E-state index in [0.717, 1.165) is 16.8 Å². The number of hydrogen-bond acceptors (Lipinski definition) is 5. The molecule has 0 radical (unpaired) electrons. The normalized spacial score (nSPS) is 15.7. The zero-order chi connectivity index (χ0) is 18.1. The van der Waals surface area contributed by atoms with E-state index in [1.165, 1.54) is 12.4 Å². The zero-order valence-electron chi connectivity index (χ0n) is 13.7. The summed E-state index contributed by atoms with van der Waals surface area (Å²) in [5.41, 5.74) is 10.2. The molecule has 2 aromatic carbocycles. The fourth-order valence-corrected chi connectivity index (χ4v) is 3.12. The van der Waals surface area contributed by atoms with E-state index in [4.69, 9.17) is 11.0 Å². The third-order valence-corrected chi connectivity index (χ3v) is 4.43. The van der Waals surface area contributed by atoms with Crippen molar-refractivity contribution >= 4 is 5.84 Å². The van der Waals surface area contributed by atoms with Crippen LogP contribution in [0.1, 0.15) is 28.4 Å². The van der Waals surface area contributed by atoms with Crippen LogP contribution in [0.2, 0.25) is 0 Å². The van der Waals surface area contributed by atoms with Gasteiger partial charge in [0.1, 0.15) is 18.0 Å². The number of fused-ring (bicyclic) bond motifs is 1. The molecule has 126 valence electrons. The van der Waals surface area contributed by atoms with E-state index in [1.54, 1.807) is 36.5 Å². The Morgan fingerprint density at radius 2 is 2.00 bits per heavy atom. The molecule has 26 heavy (non-hydrogen) atoms. The Labute approximate surface area is 149 Å². The molecule has 5 nitrogen and oxygen atoms in total. The van der Waals surface area contributed by atoms with Crippen molar-refractivity contribution in [2.24, 2.45) is 10.7 Å². The van der Waals surface area contributed by atoms with E-state index in [-0.39, 0.29) is 5.82 Å². The molecular formula is C20H14FN5. The molecule has 1 aromatic heterocycles. The summed E-state index contributed by atoms with van der Waals surface area (Å²) < 4.78 is 14.5. The summed E-state index contributed by atoms with van der Waals surface area (Å²) in [4.78, 5) is 12.7. The minimum Gasteiger partial charge on any atom is -0.383 e. The van der Waals surface area contributed by atoms with Gasteiger partial charge >= 0.3 is 0 Å². The zero-order valence-corrected chi connectivity index (χ0v) is 13.7. The summed E-state index contributed by atoms with van der Waals surface area (Å²) in [5.74, 6) is -0.0302. The van der Waals surface area contributed by atoms with Gasteiger partial charge in [0.15, 0.2) is 0 Å². The van der Waals surface area contributed by atoms with E-state index in [0.29, 0.717) is 28.9 Å². The van der Waals surface area contributed by atoms with Crippen LogP contribution in [-0.2, 0) is 6.42 Å². The summed E-state index contributed by atoms with van der Waals surface area (Å²) in [6.45, 7) is 0. The first-order valence-corrected chi connectivity index (χ1v) is 8.08. The largest absolute Gasteiger partial charge is 0.383 e. The molecular weight excluding hydrogens is 329 g/mol. The first kappa shape index (κ1) is 15.9. The molecule has 6 heteroatoms. The minimum absolute atomic E-state index is 0.313. The molecule has 1 unspecified atom stereocenters. The molecule has 0 saturated heterocycles. The monoisotopic (exact) mass is 343 g/mol. The summed E-state index contributed by atoms with van der Waals surface area (Å²) in [6.07, 6.45) is 3.53. The number of nitrogens with two attached hydrogens (primary N) is 1. The van der Waals surface area contributed by atoms with E-state index in [2.05, 4.69) is 21.0 Å². The van der Waals surface area contributed by atoms with Gasteiger partial charge in [0, 0.05) is 18.2 Å². The van der Waals surface area contributed by atoms with E-state index in [9.17, 15) is 4.39 Å². The standard InChI is InChI=1S/C20H14FN5/c21-17-5-4-14(13-3-1-2-12(6-13)9-22)7-15(17)19-8-18-16(20(23)26-19)10-24-11-25-18/h1-7,10-11,19H,8H2,(H2,23,26). The fourth-order valence-electron chi connectivity index (χ4n) is 3.12. The molecule has 4 rings (SSSR count). The van der Waals surface area contributed by atoms with Crippen LogP contribution in [0.3, 0.4) is 0 Å². The van der Waals surface area contributed by atoms with Gasteiger partial charge in [-0.1, -0.05) is 18.2 Å².